The van der Waals surface area contributed by atoms with E-state index in [-0.39, 0.29) is 38.2 Å². The third kappa shape index (κ3) is 5.59. The summed E-state index contributed by atoms with van der Waals surface area (Å²) in [5, 5.41) is 9.74. The van der Waals surface area contributed by atoms with Crippen LogP contribution >= 0.6 is 0 Å². The maximum atomic E-state index is 11.3. The SMILES string of the molecule is O=C1C=CC(=O)N1CCCOCCOCC(O)CN1C(=O)C=CC1=O. The van der Waals surface area contributed by atoms with Crippen LogP contribution in [0.4, 0.5) is 0 Å². The van der Waals surface area contributed by atoms with Gasteiger partial charge in [0, 0.05) is 37.5 Å². The van der Waals surface area contributed by atoms with Gasteiger partial charge in [0.05, 0.1) is 32.5 Å². The molecule has 2 heterocycles. The molecule has 0 saturated heterocycles. The zero-order chi connectivity index (χ0) is 18.2. The van der Waals surface area contributed by atoms with Crippen LogP contribution in [0, 0.1) is 0 Å². The van der Waals surface area contributed by atoms with Gasteiger partial charge in [0.25, 0.3) is 23.6 Å². The summed E-state index contributed by atoms with van der Waals surface area (Å²) in [5.74, 6) is -1.52. The molecule has 136 valence electrons. The van der Waals surface area contributed by atoms with Gasteiger partial charge in [0.2, 0.25) is 0 Å². The van der Waals surface area contributed by atoms with Crippen molar-refractivity contribution in [1.29, 1.82) is 0 Å². The number of aliphatic hydroxyl groups excluding tert-OH is 1. The van der Waals surface area contributed by atoms with Crippen molar-refractivity contribution in [3.05, 3.63) is 24.3 Å². The monoisotopic (exact) mass is 352 g/mol. The maximum Gasteiger partial charge on any atom is 0.253 e. The number of hydrogen-bond acceptors (Lipinski definition) is 7. The molecule has 0 aromatic carbocycles. The van der Waals surface area contributed by atoms with Crippen molar-refractivity contribution in [2.45, 2.75) is 12.5 Å². The Hall–Kier alpha value is -2.36. The van der Waals surface area contributed by atoms with Gasteiger partial charge in [-0.05, 0) is 6.42 Å². The molecule has 4 amide bonds. The largest absolute Gasteiger partial charge is 0.389 e. The smallest absolute Gasteiger partial charge is 0.253 e. The molecule has 0 aliphatic carbocycles. The Morgan fingerprint density at radius 2 is 1.32 bits per heavy atom. The molecule has 9 nitrogen and oxygen atoms in total. The predicted octanol–water partition coefficient (Wildman–Crippen LogP) is -1.38. The van der Waals surface area contributed by atoms with E-state index in [1.807, 2.05) is 0 Å². The van der Waals surface area contributed by atoms with Crippen molar-refractivity contribution >= 4 is 23.6 Å². The zero-order valence-electron chi connectivity index (χ0n) is 13.6. The highest BCUT2D eigenvalue weighted by atomic mass is 16.5. The highest BCUT2D eigenvalue weighted by Gasteiger charge is 2.25. The lowest BCUT2D eigenvalue weighted by molar-refractivity contribution is -0.140. The van der Waals surface area contributed by atoms with Crippen LogP contribution in [0.5, 0.6) is 0 Å². The highest BCUT2D eigenvalue weighted by molar-refractivity contribution is 6.13. The molecule has 1 unspecified atom stereocenters. The molecular weight excluding hydrogens is 332 g/mol. The first-order valence-electron chi connectivity index (χ1n) is 7.89. The standard InChI is InChI=1S/C16H20N2O7/c19-12(10-18-15(22)4-5-16(18)23)11-25-9-8-24-7-1-6-17-13(20)2-3-14(17)21/h2-5,12,19H,1,6-11H2. The molecule has 0 spiro atoms. The number of β-amino-alcohol motifs (C(OH)–C–C–N with tert-alkyl or cyclic N) is 1. The molecule has 0 saturated carbocycles. The van der Waals surface area contributed by atoms with Crippen LogP contribution < -0.4 is 0 Å². The fraction of sp³-hybridized carbons (Fsp3) is 0.500. The lowest BCUT2D eigenvalue weighted by Crippen LogP contribution is -2.39. The molecule has 2 aliphatic heterocycles. The topological polar surface area (TPSA) is 113 Å². The molecule has 0 fully saturated rings. The second kappa shape index (κ2) is 9.21. The van der Waals surface area contributed by atoms with Crippen molar-refractivity contribution in [2.75, 3.05) is 39.5 Å². The quantitative estimate of drug-likeness (QED) is 0.360. The molecule has 0 aromatic rings. The van der Waals surface area contributed by atoms with Crippen molar-refractivity contribution in [3.8, 4) is 0 Å². The van der Waals surface area contributed by atoms with Gasteiger partial charge in [-0.1, -0.05) is 0 Å². The minimum atomic E-state index is -0.965. The van der Waals surface area contributed by atoms with E-state index in [1.165, 1.54) is 12.2 Å². The summed E-state index contributed by atoms with van der Waals surface area (Å²) >= 11 is 0. The Labute approximate surface area is 144 Å². The van der Waals surface area contributed by atoms with E-state index in [0.717, 1.165) is 22.0 Å². The van der Waals surface area contributed by atoms with Crippen LogP contribution in [-0.2, 0) is 28.7 Å². The third-order valence-electron chi connectivity index (χ3n) is 3.55. The van der Waals surface area contributed by atoms with Crippen LogP contribution in [-0.4, -0.2) is 84.2 Å². The number of hydrogen-bond donors (Lipinski definition) is 1. The van der Waals surface area contributed by atoms with Gasteiger partial charge < -0.3 is 14.6 Å². The van der Waals surface area contributed by atoms with Gasteiger partial charge >= 0.3 is 0 Å². The minimum absolute atomic E-state index is 0.0249. The van der Waals surface area contributed by atoms with Crippen LogP contribution in [0.1, 0.15) is 6.42 Å². The summed E-state index contributed by atoms with van der Waals surface area (Å²) in [6, 6.07) is 0. The van der Waals surface area contributed by atoms with E-state index in [1.54, 1.807) is 0 Å². The lowest BCUT2D eigenvalue weighted by Gasteiger charge is -2.18. The first-order valence-corrected chi connectivity index (χ1v) is 7.89. The average molecular weight is 352 g/mol. The molecule has 1 atom stereocenters. The van der Waals surface area contributed by atoms with Gasteiger partial charge in [-0.25, -0.2) is 0 Å². The van der Waals surface area contributed by atoms with Gasteiger partial charge in [-0.2, -0.15) is 0 Å². The summed E-state index contributed by atoms with van der Waals surface area (Å²) in [4.78, 5) is 47.4. The summed E-state index contributed by atoms with van der Waals surface area (Å²) in [7, 11) is 0. The fourth-order valence-corrected chi connectivity index (χ4v) is 2.29. The number of aliphatic hydroxyl groups is 1. The molecule has 0 bridgehead atoms. The molecular formula is C16H20N2O7. The number of ether oxygens (including phenoxy) is 2. The third-order valence-corrected chi connectivity index (χ3v) is 3.55. The summed E-state index contributed by atoms with van der Waals surface area (Å²) < 4.78 is 10.5. The summed E-state index contributed by atoms with van der Waals surface area (Å²) in [6.45, 7) is 1.05. The van der Waals surface area contributed by atoms with Crippen LogP contribution in [0.15, 0.2) is 24.3 Å². The predicted molar refractivity (Wildman–Crippen MR) is 84.0 cm³/mol. The second-order valence-electron chi connectivity index (χ2n) is 5.48. The van der Waals surface area contributed by atoms with Crippen LogP contribution in [0.3, 0.4) is 0 Å². The molecule has 0 aromatic heterocycles. The number of amides is 4. The molecule has 0 radical (unpaired) electrons. The Morgan fingerprint density at radius 1 is 0.800 bits per heavy atom. The Morgan fingerprint density at radius 3 is 1.92 bits per heavy atom. The van der Waals surface area contributed by atoms with Gasteiger partial charge in [-0.15, -0.1) is 0 Å². The summed E-state index contributed by atoms with van der Waals surface area (Å²) in [6.07, 6.45) is 4.34. The van der Waals surface area contributed by atoms with Crippen molar-refractivity contribution < 1.29 is 33.8 Å². The van der Waals surface area contributed by atoms with E-state index in [2.05, 4.69) is 0 Å². The van der Waals surface area contributed by atoms with Crippen molar-refractivity contribution in [1.82, 2.24) is 9.80 Å². The van der Waals surface area contributed by atoms with E-state index in [9.17, 15) is 24.3 Å². The number of imide groups is 2. The Bertz CT molecular complexity index is 563. The first kappa shape index (κ1) is 19.0. The van der Waals surface area contributed by atoms with E-state index in [4.69, 9.17) is 9.47 Å². The molecule has 2 aliphatic rings. The van der Waals surface area contributed by atoms with Gasteiger partial charge in [0.15, 0.2) is 0 Å². The van der Waals surface area contributed by atoms with Gasteiger partial charge in [0.1, 0.15) is 0 Å². The highest BCUT2D eigenvalue weighted by Crippen LogP contribution is 2.05. The van der Waals surface area contributed by atoms with E-state index < -0.39 is 17.9 Å². The molecule has 9 heteroatoms. The fourth-order valence-electron chi connectivity index (χ4n) is 2.29. The first-order chi connectivity index (χ1) is 12.0. The Kier molecular flexibility index (Phi) is 6.99. The molecule has 25 heavy (non-hydrogen) atoms. The zero-order valence-corrected chi connectivity index (χ0v) is 13.6. The molecule has 1 N–H and O–H groups in total. The van der Waals surface area contributed by atoms with Gasteiger partial charge in [-0.3, -0.25) is 29.0 Å². The van der Waals surface area contributed by atoms with Crippen molar-refractivity contribution in [2.24, 2.45) is 0 Å². The lowest BCUT2D eigenvalue weighted by atomic mass is 10.3. The minimum Gasteiger partial charge on any atom is -0.389 e. The van der Waals surface area contributed by atoms with Crippen molar-refractivity contribution in [3.63, 3.8) is 0 Å². The number of carbonyl (C=O) groups is 4. The summed E-state index contributed by atoms with van der Waals surface area (Å²) in [5.41, 5.74) is 0. The van der Waals surface area contributed by atoms with Crippen LogP contribution in [0.25, 0.3) is 0 Å². The van der Waals surface area contributed by atoms with Crippen LogP contribution in [0.2, 0.25) is 0 Å². The second-order valence-corrected chi connectivity index (χ2v) is 5.48. The number of nitrogens with zero attached hydrogens (tertiary/aromatic N) is 2. The Balaban J connectivity index is 1.45. The molecule has 2 rings (SSSR count). The number of carbonyl (C=O) groups excluding carboxylic acids is 4. The number of rotatable bonds is 11. The normalized spacial score (nSPS) is 18.1. The van der Waals surface area contributed by atoms with E-state index in [0.29, 0.717) is 19.6 Å². The average Bonchev–Trinajstić information content (AvgIpc) is 3.06. The van der Waals surface area contributed by atoms with E-state index >= 15 is 0 Å². The maximum absolute atomic E-state index is 11.3.